The van der Waals surface area contributed by atoms with Crippen molar-refractivity contribution < 1.29 is 13.0 Å². The zero-order valence-electron chi connectivity index (χ0n) is 9.77. The minimum atomic E-state index is -1.66. The normalized spacial score (nSPS) is 15.4. The third-order valence-electron chi connectivity index (χ3n) is 1.99. The van der Waals surface area contributed by atoms with Crippen molar-refractivity contribution in [1.29, 1.82) is 0 Å². The molecule has 2 atom stereocenters. The number of rotatable bonds is 5. The zero-order chi connectivity index (χ0) is 12.8. The van der Waals surface area contributed by atoms with Gasteiger partial charge in [0.2, 0.25) is 0 Å². The molecule has 17 heavy (non-hydrogen) atoms. The molecule has 0 aromatic heterocycles. The van der Waals surface area contributed by atoms with Crippen LogP contribution in [0.25, 0.3) is 0 Å². The molecule has 0 heterocycles. The Morgan fingerprint density at radius 3 is 2.65 bits per heavy atom. The van der Waals surface area contributed by atoms with Gasteiger partial charge >= 0.3 is 0 Å². The van der Waals surface area contributed by atoms with Gasteiger partial charge in [0.1, 0.15) is 16.8 Å². The lowest BCUT2D eigenvalue weighted by Crippen LogP contribution is -2.03. The third kappa shape index (κ3) is 4.73. The molecular formula is C12H15F2NOS. The van der Waals surface area contributed by atoms with Gasteiger partial charge in [0.25, 0.3) is 0 Å². The Labute approximate surface area is 102 Å². The third-order valence-corrected chi connectivity index (χ3v) is 3.30. The van der Waals surface area contributed by atoms with Gasteiger partial charge in [-0.2, -0.15) is 4.40 Å². The predicted molar refractivity (Wildman–Crippen MR) is 66.6 cm³/mol. The van der Waals surface area contributed by atoms with E-state index in [0.29, 0.717) is 5.75 Å². The van der Waals surface area contributed by atoms with E-state index in [0.717, 1.165) is 6.21 Å². The molecule has 0 spiro atoms. The summed E-state index contributed by atoms with van der Waals surface area (Å²) < 4.78 is 41.7. The smallest absolute Gasteiger partial charge is 0.164 e. The van der Waals surface area contributed by atoms with E-state index in [9.17, 15) is 13.0 Å². The van der Waals surface area contributed by atoms with Gasteiger partial charge in [0.05, 0.1) is 6.21 Å². The molecule has 0 radical (unpaired) electrons. The highest BCUT2D eigenvalue weighted by atomic mass is 32.2. The second-order valence-electron chi connectivity index (χ2n) is 4.06. The molecule has 0 saturated carbocycles. The number of alkyl halides is 1. The van der Waals surface area contributed by atoms with Gasteiger partial charge in [-0.25, -0.2) is 13.0 Å². The fraction of sp³-hybridized carbons (Fsp3) is 0.417. The molecule has 0 aliphatic rings. The zero-order valence-corrected chi connectivity index (χ0v) is 10.6. The average molecular weight is 259 g/mol. The fourth-order valence-electron chi connectivity index (χ4n) is 1.23. The highest BCUT2D eigenvalue weighted by Crippen LogP contribution is 2.18. The second-order valence-corrected chi connectivity index (χ2v) is 5.25. The van der Waals surface area contributed by atoms with Crippen molar-refractivity contribution in [2.75, 3.05) is 5.75 Å². The summed E-state index contributed by atoms with van der Waals surface area (Å²) >= 11 is 0. The van der Waals surface area contributed by atoms with Crippen LogP contribution in [0.5, 0.6) is 0 Å². The van der Waals surface area contributed by atoms with E-state index in [1.165, 1.54) is 18.2 Å². The predicted octanol–water partition coefficient (Wildman–Crippen LogP) is 3.23. The van der Waals surface area contributed by atoms with Gasteiger partial charge in [-0.05, 0) is 12.0 Å². The van der Waals surface area contributed by atoms with Crippen molar-refractivity contribution in [2.24, 2.45) is 10.3 Å². The van der Waals surface area contributed by atoms with Gasteiger partial charge < -0.3 is 0 Å². The van der Waals surface area contributed by atoms with Crippen molar-refractivity contribution in [3.63, 3.8) is 0 Å². The fourth-order valence-corrected chi connectivity index (χ4v) is 2.13. The van der Waals surface area contributed by atoms with Gasteiger partial charge in [0, 0.05) is 11.3 Å². The monoisotopic (exact) mass is 259 g/mol. The van der Waals surface area contributed by atoms with Gasteiger partial charge in [-0.1, -0.05) is 32.0 Å². The van der Waals surface area contributed by atoms with Crippen molar-refractivity contribution in [3.8, 4) is 0 Å². The maximum atomic E-state index is 13.6. The minimum Gasteiger partial charge on any atom is -0.236 e. The molecule has 94 valence electrons. The number of nitrogens with zero attached hydrogens (tertiary/aromatic N) is 1. The van der Waals surface area contributed by atoms with Crippen LogP contribution in [-0.4, -0.2) is 16.2 Å². The highest BCUT2D eigenvalue weighted by Gasteiger charge is 2.12. The lowest BCUT2D eigenvalue weighted by molar-refractivity contribution is 0.429. The number of halogens is 2. The Hall–Kier alpha value is -1.10. The lowest BCUT2D eigenvalue weighted by atomic mass is 10.1. The first kappa shape index (κ1) is 14.0. The number of hydrogen-bond acceptors (Lipinski definition) is 1. The van der Waals surface area contributed by atoms with Crippen LogP contribution in [0.4, 0.5) is 8.78 Å². The Bertz CT molecular complexity index is 421. The Balaban J connectivity index is 2.66. The second kappa shape index (κ2) is 6.59. The summed E-state index contributed by atoms with van der Waals surface area (Å²) in [6, 6.07) is 5.56. The summed E-state index contributed by atoms with van der Waals surface area (Å²) in [7, 11) is -1.44. The van der Waals surface area contributed by atoms with Crippen LogP contribution in [0.2, 0.25) is 0 Å². The van der Waals surface area contributed by atoms with E-state index in [4.69, 9.17) is 0 Å². The molecule has 0 bridgehead atoms. The van der Waals surface area contributed by atoms with E-state index in [1.54, 1.807) is 6.07 Å². The molecule has 0 aliphatic heterocycles. The molecule has 5 heteroatoms. The maximum absolute atomic E-state index is 13.6. The molecule has 1 unspecified atom stereocenters. The van der Waals surface area contributed by atoms with Crippen LogP contribution in [-0.2, 0) is 11.0 Å². The van der Waals surface area contributed by atoms with E-state index < -0.39 is 23.0 Å². The summed E-state index contributed by atoms with van der Waals surface area (Å²) in [5, 5.41) is 0. The lowest BCUT2D eigenvalue weighted by Gasteiger charge is -2.04. The summed E-state index contributed by atoms with van der Waals surface area (Å²) in [4.78, 5) is 0. The number of hydrogen-bond donors (Lipinski definition) is 0. The van der Waals surface area contributed by atoms with Crippen LogP contribution < -0.4 is 0 Å². The Kier molecular flexibility index (Phi) is 5.41. The average Bonchev–Trinajstić information content (AvgIpc) is 2.25. The van der Waals surface area contributed by atoms with Crippen LogP contribution in [0.15, 0.2) is 28.7 Å². The summed E-state index contributed by atoms with van der Waals surface area (Å²) in [6.07, 6.45) is -0.760. The first-order valence-electron chi connectivity index (χ1n) is 5.32. The van der Waals surface area contributed by atoms with Gasteiger partial charge in [0.15, 0.2) is 6.17 Å². The molecule has 2 nitrogen and oxygen atoms in total. The Morgan fingerprint density at radius 1 is 1.41 bits per heavy atom. The quantitative estimate of drug-likeness (QED) is 0.746. The minimum absolute atomic E-state index is 0.0854. The number of benzene rings is 1. The van der Waals surface area contributed by atoms with E-state index in [1.807, 2.05) is 13.8 Å². The van der Waals surface area contributed by atoms with Crippen molar-refractivity contribution >= 4 is 17.2 Å². The van der Waals surface area contributed by atoms with Crippen LogP contribution >= 0.6 is 0 Å². The first-order valence-corrected chi connectivity index (χ1v) is 6.59. The van der Waals surface area contributed by atoms with Gasteiger partial charge in [-0.15, -0.1) is 0 Å². The first-order chi connectivity index (χ1) is 8.00. The van der Waals surface area contributed by atoms with Crippen molar-refractivity contribution in [2.45, 2.75) is 20.0 Å². The van der Waals surface area contributed by atoms with Crippen molar-refractivity contribution in [3.05, 3.63) is 35.6 Å². The molecular weight excluding hydrogens is 244 g/mol. The molecule has 0 aliphatic carbocycles. The van der Waals surface area contributed by atoms with Crippen LogP contribution in [0.3, 0.4) is 0 Å². The van der Waals surface area contributed by atoms with E-state index in [2.05, 4.69) is 4.40 Å². The molecule has 0 fully saturated rings. The molecule has 0 amide bonds. The molecule has 1 rings (SSSR count). The topological polar surface area (TPSA) is 29.4 Å². The van der Waals surface area contributed by atoms with Crippen LogP contribution in [0.1, 0.15) is 25.6 Å². The van der Waals surface area contributed by atoms with Gasteiger partial charge in [-0.3, -0.25) is 0 Å². The van der Waals surface area contributed by atoms with Crippen molar-refractivity contribution in [1.82, 2.24) is 0 Å². The summed E-state index contributed by atoms with van der Waals surface area (Å²) in [5.41, 5.74) is -0.0854. The maximum Gasteiger partial charge on any atom is 0.164 e. The van der Waals surface area contributed by atoms with E-state index in [-0.39, 0.29) is 11.5 Å². The molecule has 1 aromatic carbocycles. The molecule has 0 saturated heterocycles. The molecule has 1 aromatic rings. The summed E-state index contributed by atoms with van der Waals surface area (Å²) in [6.45, 7) is 3.80. The standard InChI is InChI=1S/C12H15F2NOS/c1-9(2)8-17(16)15-7-12(14)10-5-3-4-6-11(10)13/h3-7,9,12H,8H2,1-2H3/t12?,17-/m1/s1. The molecule has 0 N–H and O–H groups in total. The highest BCUT2D eigenvalue weighted by molar-refractivity contribution is 7.83. The largest absolute Gasteiger partial charge is 0.236 e. The summed E-state index contributed by atoms with van der Waals surface area (Å²) in [5.74, 6) is -0.0267. The van der Waals surface area contributed by atoms with Crippen LogP contribution in [0, 0.1) is 11.7 Å². The Morgan fingerprint density at radius 2 is 2.06 bits per heavy atom. The SMILES string of the molecule is CC(C)C[S@@](=O)N=CC(F)c1ccccc1F. The van der Waals surface area contributed by atoms with E-state index >= 15 is 0 Å².